The van der Waals surface area contributed by atoms with Crippen molar-refractivity contribution in [2.45, 2.75) is 65.2 Å². The van der Waals surface area contributed by atoms with Crippen LogP contribution in [0, 0.1) is 5.92 Å². The summed E-state index contributed by atoms with van der Waals surface area (Å²) in [5.74, 6) is 1.04. The van der Waals surface area contributed by atoms with Crippen molar-refractivity contribution in [1.82, 2.24) is 0 Å². The third-order valence-electron chi connectivity index (χ3n) is 5.27. The molecule has 0 spiro atoms. The van der Waals surface area contributed by atoms with E-state index in [0.717, 1.165) is 30.5 Å². The van der Waals surface area contributed by atoms with Crippen molar-refractivity contribution in [3.8, 4) is 5.75 Å². The topological polar surface area (TPSA) is 32.3 Å². The number of unbranched alkanes of at least 4 members (excludes halogenated alkanes) is 2. The zero-order valence-corrected chi connectivity index (χ0v) is 15.8. The highest BCUT2D eigenvalue weighted by Crippen LogP contribution is 2.46. The normalized spacial score (nSPS) is 20.6. The van der Waals surface area contributed by atoms with Crippen LogP contribution in [0.15, 0.2) is 35.9 Å². The maximum atomic E-state index is 10.8. The van der Waals surface area contributed by atoms with Crippen molar-refractivity contribution in [1.29, 1.82) is 0 Å². The Kier molecular flexibility index (Phi) is 6.53. The number of nitrogens with one attached hydrogen (secondary N) is 1. The van der Waals surface area contributed by atoms with Gasteiger partial charge in [-0.15, -0.1) is 0 Å². The maximum Gasteiger partial charge on any atom is 0.121 e. The molecule has 1 aromatic rings. The average Bonchev–Trinajstić information content (AvgIpc) is 2.54. The molecule has 0 aliphatic heterocycles. The largest absolute Gasteiger partial charge is 0.508 e. The van der Waals surface area contributed by atoms with Gasteiger partial charge in [0.15, 0.2) is 0 Å². The van der Waals surface area contributed by atoms with Crippen LogP contribution in [-0.2, 0) is 6.42 Å². The zero-order valence-electron chi connectivity index (χ0n) is 15.8. The Balaban J connectivity index is 2.40. The number of anilines is 1. The second kappa shape index (κ2) is 8.41. The first-order valence-corrected chi connectivity index (χ1v) is 9.34. The molecule has 0 radical (unpaired) electrons. The van der Waals surface area contributed by atoms with Crippen molar-refractivity contribution in [3.05, 3.63) is 47.1 Å². The number of rotatable bonds is 7. The summed E-state index contributed by atoms with van der Waals surface area (Å²) in [5.41, 5.74) is 5.92. The van der Waals surface area contributed by atoms with Crippen LogP contribution < -0.4 is 5.32 Å². The highest BCUT2D eigenvalue weighted by Gasteiger charge is 2.29. The van der Waals surface area contributed by atoms with E-state index < -0.39 is 0 Å². The molecule has 0 saturated heterocycles. The first kappa shape index (κ1) is 18.6. The fourth-order valence-corrected chi connectivity index (χ4v) is 3.88. The van der Waals surface area contributed by atoms with E-state index >= 15 is 0 Å². The number of aromatic hydroxyl groups is 1. The molecule has 1 aliphatic carbocycles. The molecule has 2 atom stereocenters. The van der Waals surface area contributed by atoms with Crippen LogP contribution in [0.4, 0.5) is 5.69 Å². The van der Waals surface area contributed by atoms with E-state index in [0.29, 0.717) is 11.7 Å². The predicted molar refractivity (Wildman–Crippen MR) is 105 cm³/mol. The molecule has 1 aliphatic rings. The molecule has 0 saturated carbocycles. The molecule has 1 aromatic carbocycles. The second-order valence-corrected chi connectivity index (χ2v) is 7.31. The van der Waals surface area contributed by atoms with E-state index in [1.54, 1.807) is 0 Å². The lowest BCUT2D eigenvalue weighted by Gasteiger charge is -2.32. The van der Waals surface area contributed by atoms with Gasteiger partial charge in [-0.25, -0.2) is 0 Å². The van der Waals surface area contributed by atoms with Gasteiger partial charge in [0.1, 0.15) is 5.75 Å². The summed E-state index contributed by atoms with van der Waals surface area (Å²) in [6.07, 6.45) is 9.22. The lowest BCUT2D eigenvalue weighted by Crippen LogP contribution is -2.18. The SMILES string of the molecule is C=C(C)C1CCC(C)=CC1c1c(O)cc(CCCCC)cc1NC. The molecule has 0 amide bonds. The van der Waals surface area contributed by atoms with Crippen molar-refractivity contribution in [3.63, 3.8) is 0 Å². The number of phenolic OH excluding ortho intramolecular Hbond substituents is 1. The van der Waals surface area contributed by atoms with Gasteiger partial charge >= 0.3 is 0 Å². The van der Waals surface area contributed by atoms with Gasteiger partial charge in [0.2, 0.25) is 0 Å². The maximum absolute atomic E-state index is 10.8. The lowest BCUT2D eigenvalue weighted by atomic mass is 9.73. The van der Waals surface area contributed by atoms with Crippen molar-refractivity contribution >= 4 is 5.69 Å². The fraction of sp³-hybridized carbons (Fsp3) is 0.545. The van der Waals surface area contributed by atoms with Gasteiger partial charge in [-0.2, -0.15) is 0 Å². The van der Waals surface area contributed by atoms with Crippen LogP contribution >= 0.6 is 0 Å². The Morgan fingerprint density at radius 1 is 1.33 bits per heavy atom. The minimum atomic E-state index is 0.211. The molecule has 24 heavy (non-hydrogen) atoms. The summed E-state index contributed by atoms with van der Waals surface area (Å²) in [6, 6.07) is 4.19. The lowest BCUT2D eigenvalue weighted by molar-refractivity contribution is 0.437. The minimum Gasteiger partial charge on any atom is -0.508 e. The van der Waals surface area contributed by atoms with Crippen LogP contribution in [0.3, 0.4) is 0 Å². The van der Waals surface area contributed by atoms with Gasteiger partial charge in [-0.05, 0) is 63.1 Å². The Hall–Kier alpha value is -1.70. The van der Waals surface area contributed by atoms with Gasteiger partial charge < -0.3 is 10.4 Å². The van der Waals surface area contributed by atoms with Crippen LogP contribution in [0.2, 0.25) is 0 Å². The Bertz CT molecular complexity index is 615. The summed E-state index contributed by atoms with van der Waals surface area (Å²) in [6.45, 7) is 10.7. The molecule has 2 N–H and O–H groups in total. The van der Waals surface area contributed by atoms with E-state index in [1.165, 1.54) is 36.0 Å². The van der Waals surface area contributed by atoms with Gasteiger partial charge in [-0.3, -0.25) is 0 Å². The predicted octanol–water partition coefficient (Wildman–Crippen LogP) is 6.18. The molecule has 2 rings (SSSR count). The van der Waals surface area contributed by atoms with Crippen molar-refractivity contribution in [2.24, 2.45) is 5.92 Å². The summed E-state index contributed by atoms with van der Waals surface area (Å²) >= 11 is 0. The summed E-state index contributed by atoms with van der Waals surface area (Å²) in [7, 11) is 1.95. The summed E-state index contributed by atoms with van der Waals surface area (Å²) < 4.78 is 0. The van der Waals surface area contributed by atoms with E-state index in [1.807, 2.05) is 13.1 Å². The highest BCUT2D eigenvalue weighted by molar-refractivity contribution is 5.62. The van der Waals surface area contributed by atoms with Crippen molar-refractivity contribution < 1.29 is 5.11 Å². The van der Waals surface area contributed by atoms with E-state index in [2.05, 4.69) is 44.8 Å². The van der Waals surface area contributed by atoms with E-state index in [9.17, 15) is 5.11 Å². The molecule has 2 unspecified atom stereocenters. The first-order valence-electron chi connectivity index (χ1n) is 9.34. The van der Waals surface area contributed by atoms with Gasteiger partial charge in [-0.1, -0.05) is 43.6 Å². The van der Waals surface area contributed by atoms with Gasteiger partial charge in [0, 0.05) is 24.2 Å². The molecule has 0 bridgehead atoms. The summed E-state index contributed by atoms with van der Waals surface area (Å²) in [5, 5.41) is 14.1. The molecular weight excluding hydrogens is 294 g/mol. The molecule has 132 valence electrons. The number of aryl methyl sites for hydroxylation is 1. The Morgan fingerprint density at radius 3 is 2.71 bits per heavy atom. The monoisotopic (exact) mass is 327 g/mol. The number of hydrogen-bond donors (Lipinski definition) is 2. The van der Waals surface area contributed by atoms with E-state index in [4.69, 9.17) is 0 Å². The van der Waals surface area contributed by atoms with Crippen LogP contribution in [0.5, 0.6) is 5.75 Å². The van der Waals surface area contributed by atoms with Gasteiger partial charge in [0.05, 0.1) is 0 Å². The quantitative estimate of drug-likeness (QED) is 0.463. The molecule has 0 aromatic heterocycles. The van der Waals surface area contributed by atoms with Crippen LogP contribution in [0.1, 0.15) is 69.9 Å². The molecule has 0 fully saturated rings. The van der Waals surface area contributed by atoms with E-state index in [-0.39, 0.29) is 5.92 Å². The van der Waals surface area contributed by atoms with Crippen LogP contribution in [0.25, 0.3) is 0 Å². The highest BCUT2D eigenvalue weighted by atomic mass is 16.3. The average molecular weight is 328 g/mol. The smallest absolute Gasteiger partial charge is 0.121 e. The number of phenols is 1. The third kappa shape index (κ3) is 4.23. The Labute approximate surface area is 147 Å². The molecule has 2 heteroatoms. The molecule has 2 nitrogen and oxygen atoms in total. The van der Waals surface area contributed by atoms with Crippen LogP contribution in [-0.4, -0.2) is 12.2 Å². The number of benzene rings is 1. The summed E-state index contributed by atoms with van der Waals surface area (Å²) in [4.78, 5) is 0. The molecule has 0 heterocycles. The Morgan fingerprint density at radius 2 is 2.08 bits per heavy atom. The first-order chi connectivity index (χ1) is 11.5. The minimum absolute atomic E-state index is 0.211. The zero-order chi connectivity index (χ0) is 17.7. The third-order valence-corrected chi connectivity index (χ3v) is 5.27. The number of allylic oxidation sites excluding steroid dienone is 3. The molecular formula is C22H33NO. The van der Waals surface area contributed by atoms with Gasteiger partial charge in [0.25, 0.3) is 0 Å². The number of hydrogen-bond acceptors (Lipinski definition) is 2. The van der Waals surface area contributed by atoms with Crippen molar-refractivity contribution in [2.75, 3.05) is 12.4 Å². The second-order valence-electron chi connectivity index (χ2n) is 7.31. The standard InChI is InChI=1S/C22H33NO/c1-6-7-8-9-17-13-20(23-5)22(21(24)14-17)19-12-16(4)10-11-18(19)15(2)3/h12-14,18-19,23-24H,2,6-11H2,1,3-5H3. The fourth-order valence-electron chi connectivity index (χ4n) is 3.88.